The smallest absolute Gasteiger partial charge is 0.417 e. The van der Waals surface area contributed by atoms with Gasteiger partial charge in [0.25, 0.3) is 5.91 Å². The third kappa shape index (κ3) is 7.99. The van der Waals surface area contributed by atoms with Crippen molar-refractivity contribution in [2.45, 2.75) is 52.4 Å². The number of rotatable bonds is 9. The van der Waals surface area contributed by atoms with E-state index in [2.05, 4.69) is 20.6 Å². The van der Waals surface area contributed by atoms with E-state index in [1.165, 1.54) is 7.11 Å². The molecule has 2 aromatic heterocycles. The topological polar surface area (TPSA) is 115 Å². The van der Waals surface area contributed by atoms with Crippen molar-refractivity contribution in [1.82, 2.24) is 20.2 Å². The van der Waals surface area contributed by atoms with E-state index in [-0.39, 0.29) is 23.2 Å². The number of carbonyl (C=O) groups excluding carboxylic acids is 2. The summed E-state index contributed by atoms with van der Waals surface area (Å²) < 4.78 is 17.1. The van der Waals surface area contributed by atoms with E-state index < -0.39 is 17.6 Å². The summed E-state index contributed by atoms with van der Waals surface area (Å²) in [5.41, 5.74) is 1.97. The van der Waals surface area contributed by atoms with E-state index in [0.29, 0.717) is 40.9 Å². The molecule has 1 aliphatic heterocycles. The van der Waals surface area contributed by atoms with Crippen LogP contribution in [-0.2, 0) is 16.1 Å². The van der Waals surface area contributed by atoms with Crippen LogP contribution in [-0.4, -0.2) is 51.1 Å². The molecule has 3 aromatic rings. The van der Waals surface area contributed by atoms with Gasteiger partial charge in [0.1, 0.15) is 22.4 Å². The first-order chi connectivity index (χ1) is 20.5. The lowest BCUT2D eigenvalue weighted by Gasteiger charge is -2.32. The van der Waals surface area contributed by atoms with Crippen LogP contribution in [0.4, 0.5) is 10.5 Å². The van der Waals surface area contributed by atoms with Gasteiger partial charge in [-0.2, -0.15) is 0 Å². The van der Waals surface area contributed by atoms with Crippen LogP contribution in [0.5, 0.6) is 11.5 Å². The fourth-order valence-electron chi connectivity index (χ4n) is 4.35. The molecular formula is C31H34ClN5O5S. The summed E-state index contributed by atoms with van der Waals surface area (Å²) >= 11 is 12.0. The average Bonchev–Trinajstić information content (AvgIpc) is 2.96. The first kappa shape index (κ1) is 31.7. The summed E-state index contributed by atoms with van der Waals surface area (Å²) in [4.78, 5) is 36.5. The molecule has 0 saturated carbocycles. The second-order valence-corrected chi connectivity index (χ2v) is 11.5. The minimum atomic E-state index is -0.781. The summed E-state index contributed by atoms with van der Waals surface area (Å²) in [6.45, 7) is 7.54. The molecule has 1 aromatic carbocycles. The predicted molar refractivity (Wildman–Crippen MR) is 168 cm³/mol. The lowest BCUT2D eigenvalue weighted by molar-refractivity contribution is -0.126. The second-order valence-electron chi connectivity index (χ2n) is 10.7. The third-order valence-electron chi connectivity index (χ3n) is 6.38. The molecule has 43 heavy (non-hydrogen) atoms. The number of methoxy groups -OCH3 is 1. The highest BCUT2D eigenvalue weighted by Gasteiger charge is 2.36. The molecule has 10 nitrogen and oxygen atoms in total. The van der Waals surface area contributed by atoms with Crippen molar-refractivity contribution in [2.75, 3.05) is 19.0 Å². The molecule has 0 radical (unpaired) electrons. The molecule has 12 heteroatoms. The van der Waals surface area contributed by atoms with Crippen LogP contribution in [0.2, 0.25) is 5.02 Å². The van der Waals surface area contributed by atoms with Gasteiger partial charge in [0.05, 0.1) is 35.3 Å². The fourth-order valence-corrected chi connectivity index (χ4v) is 4.92. The van der Waals surface area contributed by atoms with Crippen LogP contribution in [0.3, 0.4) is 0 Å². The Hall–Kier alpha value is -4.22. The minimum Gasteiger partial charge on any atom is -0.493 e. The first-order valence-corrected chi connectivity index (χ1v) is 14.4. The number of halogens is 1. The van der Waals surface area contributed by atoms with Gasteiger partial charge in [-0.1, -0.05) is 36.0 Å². The highest BCUT2D eigenvalue weighted by molar-refractivity contribution is 7.81. The number of ether oxygens (including phenoxy) is 3. The number of aromatic nitrogens is 2. The number of amides is 2. The van der Waals surface area contributed by atoms with Crippen molar-refractivity contribution in [3.63, 3.8) is 0 Å². The molecule has 226 valence electrons. The Morgan fingerprint density at radius 1 is 1.16 bits per heavy atom. The number of anilines is 1. The Labute approximate surface area is 261 Å². The number of benzene rings is 1. The summed E-state index contributed by atoms with van der Waals surface area (Å²) in [6.07, 6.45) is 4.27. The number of carbonyl (C=O) groups is 2. The number of nitrogens with one attached hydrogen (secondary N) is 2. The zero-order valence-corrected chi connectivity index (χ0v) is 26.2. The average molecular weight is 624 g/mol. The van der Waals surface area contributed by atoms with Gasteiger partial charge in [0.2, 0.25) is 0 Å². The fraction of sp³-hybridized carbons (Fsp3) is 0.323. The highest BCUT2D eigenvalue weighted by Crippen LogP contribution is 2.34. The van der Waals surface area contributed by atoms with E-state index in [9.17, 15) is 9.59 Å². The molecular weight excluding hydrogens is 590 g/mol. The zero-order valence-electron chi connectivity index (χ0n) is 24.6. The molecule has 0 bridgehead atoms. The number of hydrogen-bond acceptors (Lipinski definition) is 9. The number of hydrogen-bond donors (Lipinski definition) is 2. The van der Waals surface area contributed by atoms with Crippen LogP contribution in [0.25, 0.3) is 0 Å². The van der Waals surface area contributed by atoms with E-state index in [1.54, 1.807) is 57.6 Å². The molecule has 1 aliphatic rings. The molecule has 1 atom stereocenters. The van der Waals surface area contributed by atoms with Gasteiger partial charge >= 0.3 is 6.09 Å². The van der Waals surface area contributed by atoms with E-state index in [1.807, 2.05) is 31.2 Å². The monoisotopic (exact) mass is 623 g/mol. The van der Waals surface area contributed by atoms with Crippen LogP contribution >= 0.6 is 23.8 Å². The molecule has 4 rings (SSSR count). The van der Waals surface area contributed by atoms with E-state index >= 15 is 0 Å². The van der Waals surface area contributed by atoms with Gasteiger partial charge < -0.3 is 24.8 Å². The quantitative estimate of drug-likeness (QED) is 0.266. The van der Waals surface area contributed by atoms with Crippen molar-refractivity contribution in [1.29, 1.82) is 0 Å². The number of imide groups is 1. The van der Waals surface area contributed by atoms with Gasteiger partial charge in [0, 0.05) is 43.2 Å². The zero-order chi connectivity index (χ0) is 31.1. The maximum Gasteiger partial charge on any atom is 0.417 e. The standard InChI is InChI=1S/C31H34ClN5O5S/c1-19(22-10-6-7-14-34-22)41-25-18-33-15-12-20(25)17-35-23-13-16-37(30(39)42-31(2,3)4)29(38)26(23)28(43)36-24-11-8-9-21(32)27(24)40-5/h6-12,14-15,18-19,35H,13,16-17H2,1-5H3,(H,36,43)/t19-/m0/s1. The third-order valence-corrected chi connectivity index (χ3v) is 6.98. The van der Waals surface area contributed by atoms with E-state index in [4.69, 9.17) is 38.0 Å². The number of pyridine rings is 2. The Morgan fingerprint density at radius 2 is 1.95 bits per heavy atom. The lowest BCUT2D eigenvalue weighted by atomic mass is 10.0. The second kappa shape index (κ2) is 13.8. The van der Waals surface area contributed by atoms with Crippen LogP contribution in [0.1, 0.15) is 51.5 Å². The molecule has 0 spiro atoms. The van der Waals surface area contributed by atoms with Gasteiger partial charge in [-0.15, -0.1) is 0 Å². The number of thiocarbonyl (C=S) groups is 1. The minimum absolute atomic E-state index is 0.0938. The summed E-state index contributed by atoms with van der Waals surface area (Å²) in [5.74, 6) is 0.350. The number of nitrogens with zero attached hydrogens (tertiary/aromatic N) is 3. The molecule has 0 unspecified atom stereocenters. The molecule has 3 heterocycles. The molecule has 0 aliphatic carbocycles. The van der Waals surface area contributed by atoms with Gasteiger partial charge in [-0.3, -0.25) is 14.8 Å². The van der Waals surface area contributed by atoms with Crippen molar-refractivity contribution in [3.05, 3.63) is 88.6 Å². The summed E-state index contributed by atoms with van der Waals surface area (Å²) in [7, 11) is 1.49. The number of para-hydroxylation sites is 1. The van der Waals surface area contributed by atoms with Gasteiger partial charge in [-0.25, -0.2) is 9.69 Å². The summed E-state index contributed by atoms with van der Waals surface area (Å²) in [6, 6.07) is 12.6. The maximum atomic E-state index is 13.8. The Morgan fingerprint density at radius 3 is 2.65 bits per heavy atom. The first-order valence-electron chi connectivity index (χ1n) is 13.6. The molecule has 0 saturated heterocycles. The lowest BCUT2D eigenvalue weighted by Crippen LogP contribution is -2.47. The molecule has 2 N–H and O–H groups in total. The summed E-state index contributed by atoms with van der Waals surface area (Å²) in [5, 5.41) is 6.81. The SMILES string of the molecule is COc1c(Cl)cccc1NC(=S)C1=C(NCc2ccncc2O[C@@H](C)c2ccccn2)CCN(C(=O)OC(C)(C)C)C1=O. The maximum absolute atomic E-state index is 13.8. The predicted octanol–water partition coefficient (Wildman–Crippen LogP) is 6.23. The van der Waals surface area contributed by atoms with Crippen LogP contribution < -0.4 is 20.1 Å². The van der Waals surface area contributed by atoms with Crippen molar-refractivity contribution >= 4 is 46.5 Å². The Kier molecular flexibility index (Phi) is 10.2. The van der Waals surface area contributed by atoms with Crippen LogP contribution in [0, 0.1) is 0 Å². The van der Waals surface area contributed by atoms with Gasteiger partial charge in [-0.05, 0) is 58.0 Å². The van der Waals surface area contributed by atoms with Crippen molar-refractivity contribution in [2.24, 2.45) is 0 Å². The highest BCUT2D eigenvalue weighted by atomic mass is 35.5. The Bertz CT molecular complexity index is 1530. The molecule has 2 amide bonds. The van der Waals surface area contributed by atoms with Gasteiger partial charge in [0.15, 0.2) is 5.75 Å². The normalized spacial score (nSPS) is 14.2. The molecule has 0 fully saturated rings. The largest absolute Gasteiger partial charge is 0.493 e. The van der Waals surface area contributed by atoms with Crippen LogP contribution in [0.15, 0.2) is 72.3 Å². The van der Waals surface area contributed by atoms with Crippen molar-refractivity contribution < 1.29 is 23.8 Å². The Balaban J connectivity index is 1.62. The van der Waals surface area contributed by atoms with E-state index in [0.717, 1.165) is 16.2 Å². The van der Waals surface area contributed by atoms with Crippen molar-refractivity contribution in [3.8, 4) is 11.5 Å².